The van der Waals surface area contributed by atoms with Gasteiger partial charge in [-0.25, -0.2) is 0 Å². The minimum atomic E-state index is -1.94. The van der Waals surface area contributed by atoms with Gasteiger partial charge in [0.05, 0.1) is 18.7 Å². The Labute approximate surface area is 191 Å². The number of Topliss-reactive ketones (excluding diaryl/α,β-unsaturated/α-hetero) is 1. The summed E-state index contributed by atoms with van der Waals surface area (Å²) in [5, 5.41) is 12.4. The number of para-hydroxylation sites is 1. The van der Waals surface area contributed by atoms with E-state index >= 15 is 0 Å². The molecule has 0 saturated heterocycles. The number of hydrogen-bond donors (Lipinski definition) is 1. The molecule has 1 aliphatic heterocycles. The number of amides is 1. The fourth-order valence-corrected chi connectivity index (χ4v) is 4.58. The van der Waals surface area contributed by atoms with E-state index in [9.17, 15) is 14.7 Å². The van der Waals surface area contributed by atoms with Gasteiger partial charge in [-0.2, -0.15) is 0 Å². The van der Waals surface area contributed by atoms with E-state index in [4.69, 9.17) is 23.2 Å². The molecule has 0 bridgehead atoms. The highest BCUT2D eigenvalue weighted by molar-refractivity contribution is 6.35. The van der Waals surface area contributed by atoms with Crippen molar-refractivity contribution in [2.45, 2.75) is 32.4 Å². The lowest BCUT2D eigenvalue weighted by molar-refractivity contribution is -0.136. The van der Waals surface area contributed by atoms with Crippen LogP contribution in [0, 0.1) is 13.8 Å². The van der Waals surface area contributed by atoms with Crippen molar-refractivity contribution < 1.29 is 14.7 Å². The summed E-state index contributed by atoms with van der Waals surface area (Å²) >= 11 is 12.3. The third kappa shape index (κ3) is 3.87. The summed E-state index contributed by atoms with van der Waals surface area (Å²) in [4.78, 5) is 28.0. The summed E-state index contributed by atoms with van der Waals surface area (Å²) in [7, 11) is 0. The van der Waals surface area contributed by atoms with Crippen molar-refractivity contribution in [3.05, 3.63) is 98.5 Å². The van der Waals surface area contributed by atoms with E-state index in [2.05, 4.69) is 0 Å². The van der Waals surface area contributed by atoms with Crippen LogP contribution in [0.15, 0.2) is 60.7 Å². The average Bonchev–Trinajstić information content (AvgIpc) is 2.92. The largest absolute Gasteiger partial charge is 0.375 e. The minimum absolute atomic E-state index is 0.159. The van der Waals surface area contributed by atoms with Crippen LogP contribution in [0.2, 0.25) is 10.0 Å². The van der Waals surface area contributed by atoms with Gasteiger partial charge >= 0.3 is 0 Å². The van der Waals surface area contributed by atoms with E-state index in [1.165, 1.54) is 4.90 Å². The van der Waals surface area contributed by atoms with E-state index in [1.54, 1.807) is 48.5 Å². The Morgan fingerprint density at radius 3 is 2.48 bits per heavy atom. The molecule has 4 rings (SSSR count). The molecule has 0 radical (unpaired) electrons. The maximum absolute atomic E-state index is 13.4. The number of aryl methyl sites for hydroxylation is 2. The van der Waals surface area contributed by atoms with Crippen LogP contribution < -0.4 is 4.90 Å². The highest BCUT2D eigenvalue weighted by Gasteiger charge is 2.50. The van der Waals surface area contributed by atoms with E-state index < -0.39 is 11.5 Å². The third-order valence-corrected chi connectivity index (χ3v) is 6.27. The fourth-order valence-electron chi connectivity index (χ4n) is 4.11. The summed E-state index contributed by atoms with van der Waals surface area (Å²) in [6.07, 6.45) is -0.336. The lowest BCUT2D eigenvalue weighted by Gasteiger charge is -2.23. The number of benzene rings is 3. The van der Waals surface area contributed by atoms with Crippen molar-refractivity contribution >= 4 is 40.6 Å². The van der Waals surface area contributed by atoms with Crippen LogP contribution in [-0.4, -0.2) is 16.8 Å². The van der Waals surface area contributed by atoms with Gasteiger partial charge in [-0.05, 0) is 43.2 Å². The minimum Gasteiger partial charge on any atom is -0.375 e. The molecule has 1 amide bonds. The van der Waals surface area contributed by atoms with Gasteiger partial charge in [0, 0.05) is 21.2 Å². The van der Waals surface area contributed by atoms with Gasteiger partial charge in [0.15, 0.2) is 11.4 Å². The Hall–Kier alpha value is -2.66. The van der Waals surface area contributed by atoms with Crippen molar-refractivity contribution in [1.82, 2.24) is 0 Å². The maximum Gasteiger partial charge on any atom is 0.264 e. The molecule has 4 nitrogen and oxygen atoms in total. The van der Waals surface area contributed by atoms with Crippen LogP contribution in [-0.2, 0) is 16.9 Å². The molecule has 3 aromatic carbocycles. The predicted octanol–water partition coefficient (Wildman–Crippen LogP) is 5.62. The summed E-state index contributed by atoms with van der Waals surface area (Å²) in [6, 6.07) is 17.6. The first kappa shape index (κ1) is 21.6. The monoisotopic (exact) mass is 453 g/mol. The molecule has 0 aliphatic carbocycles. The third-order valence-electron chi connectivity index (χ3n) is 5.68. The highest BCUT2D eigenvalue weighted by atomic mass is 35.5. The molecule has 31 heavy (non-hydrogen) atoms. The maximum atomic E-state index is 13.4. The zero-order valence-electron chi connectivity index (χ0n) is 17.2. The summed E-state index contributed by atoms with van der Waals surface area (Å²) in [5.41, 5.74) is 2.10. The molecule has 158 valence electrons. The second-order valence-electron chi connectivity index (χ2n) is 7.92. The van der Waals surface area contributed by atoms with Gasteiger partial charge in [0.25, 0.3) is 5.91 Å². The number of anilines is 1. The van der Waals surface area contributed by atoms with Crippen LogP contribution in [0.3, 0.4) is 0 Å². The van der Waals surface area contributed by atoms with Crippen molar-refractivity contribution in [3.8, 4) is 0 Å². The first-order chi connectivity index (χ1) is 14.7. The van der Waals surface area contributed by atoms with Gasteiger partial charge in [-0.3, -0.25) is 9.59 Å². The Kier molecular flexibility index (Phi) is 5.65. The molecule has 1 heterocycles. The van der Waals surface area contributed by atoms with Crippen molar-refractivity contribution in [2.75, 3.05) is 4.90 Å². The molecule has 1 N–H and O–H groups in total. The summed E-state index contributed by atoms with van der Waals surface area (Å²) < 4.78 is 0. The lowest BCUT2D eigenvalue weighted by Crippen LogP contribution is -2.41. The zero-order chi connectivity index (χ0) is 22.3. The smallest absolute Gasteiger partial charge is 0.264 e. The Balaban J connectivity index is 1.70. The highest BCUT2D eigenvalue weighted by Crippen LogP contribution is 2.44. The number of nitrogens with zero attached hydrogens (tertiary/aromatic N) is 1. The number of aliphatic hydroxyl groups is 1. The molecular weight excluding hydrogens is 433 g/mol. The van der Waals surface area contributed by atoms with E-state index in [0.717, 1.165) is 11.1 Å². The molecule has 0 fully saturated rings. The number of fused-ring (bicyclic) bond motifs is 1. The number of ketones is 1. The number of rotatable bonds is 5. The van der Waals surface area contributed by atoms with Gasteiger partial charge in [-0.1, -0.05) is 71.2 Å². The number of carbonyl (C=O) groups is 2. The van der Waals surface area contributed by atoms with Crippen molar-refractivity contribution in [1.29, 1.82) is 0 Å². The molecule has 1 aliphatic rings. The molecular formula is C25H21Cl2NO3. The van der Waals surface area contributed by atoms with Crippen LogP contribution in [0.1, 0.15) is 39.0 Å². The standard InChI is InChI=1S/C25H21Cl2NO3/c1-15-7-10-19(16(2)11-15)23(29)13-25(31)20-5-3-4-6-22(20)28(24(25)30)14-17-8-9-18(26)12-21(17)27/h3-12,31H,13-14H2,1-2H3. The SMILES string of the molecule is Cc1ccc(C(=O)CC2(O)C(=O)N(Cc3ccc(Cl)cc3Cl)c3ccccc32)c(C)c1. The Morgan fingerprint density at radius 2 is 1.77 bits per heavy atom. The van der Waals surface area contributed by atoms with Gasteiger partial charge in [0.2, 0.25) is 0 Å². The van der Waals surface area contributed by atoms with Gasteiger partial charge in [-0.15, -0.1) is 0 Å². The van der Waals surface area contributed by atoms with Crippen LogP contribution >= 0.6 is 23.2 Å². The summed E-state index contributed by atoms with van der Waals surface area (Å²) in [5.74, 6) is -0.827. The quantitative estimate of drug-likeness (QED) is 0.510. The van der Waals surface area contributed by atoms with Crippen LogP contribution in [0.5, 0.6) is 0 Å². The fraction of sp³-hybridized carbons (Fsp3) is 0.200. The van der Waals surface area contributed by atoms with Crippen molar-refractivity contribution in [2.24, 2.45) is 0 Å². The number of halogens is 2. The number of hydrogen-bond acceptors (Lipinski definition) is 3. The molecule has 0 spiro atoms. The van der Waals surface area contributed by atoms with E-state index in [-0.39, 0.29) is 18.7 Å². The molecule has 0 aromatic heterocycles. The van der Waals surface area contributed by atoms with Crippen LogP contribution in [0.25, 0.3) is 0 Å². The van der Waals surface area contributed by atoms with E-state index in [0.29, 0.717) is 32.4 Å². The van der Waals surface area contributed by atoms with Crippen molar-refractivity contribution in [3.63, 3.8) is 0 Å². The Morgan fingerprint density at radius 1 is 1.03 bits per heavy atom. The molecule has 1 unspecified atom stereocenters. The second kappa shape index (κ2) is 8.12. The topological polar surface area (TPSA) is 57.6 Å². The van der Waals surface area contributed by atoms with E-state index in [1.807, 2.05) is 26.0 Å². The lowest BCUT2D eigenvalue weighted by atomic mass is 9.87. The van der Waals surface area contributed by atoms with Crippen LogP contribution in [0.4, 0.5) is 5.69 Å². The normalized spacial score (nSPS) is 17.7. The second-order valence-corrected chi connectivity index (χ2v) is 8.77. The molecule has 6 heteroatoms. The first-order valence-corrected chi connectivity index (χ1v) is 10.6. The zero-order valence-corrected chi connectivity index (χ0v) is 18.7. The number of carbonyl (C=O) groups excluding carboxylic acids is 2. The predicted molar refractivity (Wildman–Crippen MR) is 123 cm³/mol. The molecule has 3 aromatic rings. The average molecular weight is 454 g/mol. The van der Waals surface area contributed by atoms with Gasteiger partial charge in [0.1, 0.15) is 0 Å². The summed E-state index contributed by atoms with van der Waals surface area (Å²) in [6.45, 7) is 3.96. The Bertz CT molecular complexity index is 1210. The molecule has 0 saturated carbocycles. The first-order valence-electron chi connectivity index (χ1n) is 9.89. The van der Waals surface area contributed by atoms with Gasteiger partial charge < -0.3 is 10.0 Å². The molecule has 1 atom stereocenters.